The molecule has 1 heterocycles. The van der Waals surface area contributed by atoms with Crippen molar-refractivity contribution < 1.29 is 4.39 Å². The van der Waals surface area contributed by atoms with Crippen molar-refractivity contribution in [1.82, 2.24) is 0 Å². The molecule has 3 heteroatoms. The average molecular weight is 249 g/mol. The second-order valence-electron chi connectivity index (χ2n) is 4.17. The zero-order valence-corrected chi connectivity index (χ0v) is 10.9. The lowest BCUT2D eigenvalue weighted by molar-refractivity contribution is 0.600. The maximum atomic E-state index is 13.8. The Bertz CT molecular complexity index is 519. The van der Waals surface area contributed by atoms with E-state index in [1.54, 1.807) is 17.4 Å². The molecule has 90 valence electrons. The Labute approximate surface area is 105 Å². The van der Waals surface area contributed by atoms with Gasteiger partial charge < -0.3 is 5.73 Å². The molecule has 2 rings (SSSR count). The lowest BCUT2D eigenvalue weighted by atomic mass is 10.00. The van der Waals surface area contributed by atoms with Crippen LogP contribution in [-0.4, -0.2) is 0 Å². The molecule has 0 amide bonds. The lowest BCUT2D eigenvalue weighted by Crippen LogP contribution is -2.14. The number of hydrogen-bond acceptors (Lipinski definition) is 2. The fraction of sp³-hybridized carbons (Fsp3) is 0.286. The Morgan fingerprint density at radius 3 is 2.82 bits per heavy atom. The zero-order valence-electron chi connectivity index (χ0n) is 10.0. The lowest BCUT2D eigenvalue weighted by Gasteiger charge is -2.14. The number of hydrogen-bond donors (Lipinski definition) is 1. The summed E-state index contributed by atoms with van der Waals surface area (Å²) >= 11 is 1.60. The number of aryl methyl sites for hydroxylation is 2. The topological polar surface area (TPSA) is 26.0 Å². The largest absolute Gasteiger partial charge is 0.320 e. The fourth-order valence-corrected chi connectivity index (χ4v) is 2.97. The zero-order chi connectivity index (χ0) is 12.4. The molecule has 2 N–H and O–H groups in total. The quantitative estimate of drug-likeness (QED) is 0.879. The molecule has 0 aliphatic rings. The van der Waals surface area contributed by atoms with E-state index in [1.807, 2.05) is 18.4 Å². The maximum Gasteiger partial charge on any atom is 0.128 e. The van der Waals surface area contributed by atoms with E-state index < -0.39 is 0 Å². The molecule has 1 unspecified atom stereocenters. The Hall–Kier alpha value is -1.19. The minimum absolute atomic E-state index is 0.224. The van der Waals surface area contributed by atoms with E-state index in [-0.39, 0.29) is 11.9 Å². The molecule has 2 aromatic rings. The highest BCUT2D eigenvalue weighted by atomic mass is 32.1. The minimum atomic E-state index is -0.357. The van der Waals surface area contributed by atoms with Crippen LogP contribution in [0.2, 0.25) is 0 Å². The second kappa shape index (κ2) is 4.98. The molecule has 0 aliphatic heterocycles. The van der Waals surface area contributed by atoms with Gasteiger partial charge in [-0.2, -0.15) is 0 Å². The summed E-state index contributed by atoms with van der Waals surface area (Å²) < 4.78 is 13.8. The second-order valence-corrected chi connectivity index (χ2v) is 5.11. The Kier molecular flexibility index (Phi) is 3.60. The van der Waals surface area contributed by atoms with Crippen molar-refractivity contribution in [2.24, 2.45) is 5.73 Å². The van der Waals surface area contributed by atoms with Gasteiger partial charge in [0.1, 0.15) is 5.82 Å². The van der Waals surface area contributed by atoms with E-state index in [2.05, 4.69) is 13.0 Å². The molecular formula is C14H16FNS. The van der Waals surface area contributed by atoms with Gasteiger partial charge in [-0.25, -0.2) is 4.39 Å². The van der Waals surface area contributed by atoms with Gasteiger partial charge in [0.15, 0.2) is 0 Å². The summed E-state index contributed by atoms with van der Waals surface area (Å²) in [7, 11) is 0. The summed E-state index contributed by atoms with van der Waals surface area (Å²) in [5.74, 6) is -0.224. The molecule has 1 aromatic carbocycles. The summed E-state index contributed by atoms with van der Waals surface area (Å²) in [6, 6.07) is 6.79. The van der Waals surface area contributed by atoms with E-state index in [4.69, 9.17) is 5.73 Å². The van der Waals surface area contributed by atoms with Gasteiger partial charge in [-0.15, -0.1) is 11.3 Å². The van der Waals surface area contributed by atoms with Crippen molar-refractivity contribution in [3.63, 3.8) is 0 Å². The summed E-state index contributed by atoms with van der Waals surface area (Å²) in [6.45, 7) is 4.04. The van der Waals surface area contributed by atoms with Gasteiger partial charge in [-0.3, -0.25) is 0 Å². The molecule has 17 heavy (non-hydrogen) atoms. The van der Waals surface area contributed by atoms with Gasteiger partial charge in [0.25, 0.3) is 0 Å². The third-order valence-corrected chi connectivity index (χ3v) is 3.97. The molecule has 0 fully saturated rings. The number of rotatable bonds is 3. The summed E-state index contributed by atoms with van der Waals surface area (Å²) in [5.41, 5.74) is 9.01. The SMILES string of the molecule is CCc1ccsc1C(N)c1cc(C)ccc1F. The first-order chi connectivity index (χ1) is 8.13. The van der Waals surface area contributed by atoms with Crippen LogP contribution >= 0.6 is 11.3 Å². The van der Waals surface area contributed by atoms with Gasteiger partial charge in [-0.1, -0.05) is 24.6 Å². The molecule has 0 aliphatic carbocycles. The summed E-state index contributed by atoms with van der Waals surface area (Å²) in [5, 5.41) is 2.02. The van der Waals surface area contributed by atoms with Gasteiger partial charge in [0.05, 0.1) is 6.04 Å². The Morgan fingerprint density at radius 2 is 2.12 bits per heavy atom. The van der Waals surface area contributed by atoms with Crippen molar-refractivity contribution in [2.45, 2.75) is 26.3 Å². The van der Waals surface area contributed by atoms with E-state index in [9.17, 15) is 4.39 Å². The van der Waals surface area contributed by atoms with Crippen molar-refractivity contribution in [1.29, 1.82) is 0 Å². The fourth-order valence-electron chi connectivity index (χ4n) is 1.96. The minimum Gasteiger partial charge on any atom is -0.320 e. The van der Waals surface area contributed by atoms with Crippen LogP contribution in [0.1, 0.15) is 34.5 Å². The van der Waals surface area contributed by atoms with Crippen LogP contribution in [0.15, 0.2) is 29.6 Å². The smallest absolute Gasteiger partial charge is 0.128 e. The van der Waals surface area contributed by atoms with Crippen molar-refractivity contribution >= 4 is 11.3 Å². The molecule has 0 saturated carbocycles. The molecule has 0 radical (unpaired) electrons. The first-order valence-corrected chi connectivity index (χ1v) is 6.59. The van der Waals surface area contributed by atoms with Crippen LogP contribution in [0.25, 0.3) is 0 Å². The van der Waals surface area contributed by atoms with Crippen LogP contribution < -0.4 is 5.73 Å². The highest BCUT2D eigenvalue weighted by Crippen LogP contribution is 2.30. The summed E-state index contributed by atoms with van der Waals surface area (Å²) in [6.07, 6.45) is 0.931. The van der Waals surface area contributed by atoms with Crippen molar-refractivity contribution in [2.75, 3.05) is 0 Å². The first-order valence-electron chi connectivity index (χ1n) is 5.71. The molecule has 1 aromatic heterocycles. The molecule has 0 bridgehead atoms. The number of nitrogens with two attached hydrogens (primary N) is 1. The average Bonchev–Trinajstić information content (AvgIpc) is 2.79. The van der Waals surface area contributed by atoms with Crippen molar-refractivity contribution in [3.8, 4) is 0 Å². The van der Waals surface area contributed by atoms with Gasteiger partial charge in [0.2, 0.25) is 0 Å². The number of thiophene rings is 1. The normalized spacial score (nSPS) is 12.7. The van der Waals surface area contributed by atoms with Crippen LogP contribution in [-0.2, 0) is 6.42 Å². The predicted octanol–water partition coefficient (Wildman–Crippen LogP) is 3.81. The third kappa shape index (κ3) is 2.40. The van der Waals surface area contributed by atoms with E-state index >= 15 is 0 Å². The molecule has 0 saturated heterocycles. The van der Waals surface area contributed by atoms with Crippen LogP contribution in [0, 0.1) is 12.7 Å². The van der Waals surface area contributed by atoms with E-state index in [0.717, 1.165) is 16.9 Å². The van der Waals surface area contributed by atoms with Crippen LogP contribution in [0.4, 0.5) is 4.39 Å². The number of benzene rings is 1. The van der Waals surface area contributed by atoms with E-state index in [1.165, 1.54) is 11.6 Å². The molecular weight excluding hydrogens is 233 g/mol. The monoisotopic (exact) mass is 249 g/mol. The maximum absolute atomic E-state index is 13.8. The third-order valence-electron chi connectivity index (χ3n) is 2.93. The number of halogens is 1. The molecule has 1 atom stereocenters. The van der Waals surface area contributed by atoms with Crippen LogP contribution in [0.5, 0.6) is 0 Å². The molecule has 1 nitrogen and oxygen atoms in total. The standard InChI is InChI=1S/C14H16FNS/c1-3-10-6-7-17-14(10)13(16)11-8-9(2)4-5-12(11)15/h4-8,13H,3,16H2,1-2H3. The Balaban J connectivity index is 2.43. The molecule has 0 spiro atoms. The van der Waals surface area contributed by atoms with Gasteiger partial charge in [-0.05, 0) is 36.4 Å². The summed E-state index contributed by atoms with van der Waals surface area (Å²) in [4.78, 5) is 1.07. The van der Waals surface area contributed by atoms with Gasteiger partial charge in [0, 0.05) is 10.4 Å². The predicted molar refractivity (Wildman–Crippen MR) is 70.9 cm³/mol. The van der Waals surface area contributed by atoms with Gasteiger partial charge >= 0.3 is 0 Å². The van der Waals surface area contributed by atoms with Crippen LogP contribution in [0.3, 0.4) is 0 Å². The highest BCUT2D eigenvalue weighted by Gasteiger charge is 2.17. The van der Waals surface area contributed by atoms with Crippen molar-refractivity contribution in [3.05, 3.63) is 57.0 Å². The first kappa shape index (κ1) is 12.3. The highest BCUT2D eigenvalue weighted by molar-refractivity contribution is 7.10. The van der Waals surface area contributed by atoms with E-state index in [0.29, 0.717) is 5.56 Å². The Morgan fingerprint density at radius 1 is 1.35 bits per heavy atom.